The highest BCUT2D eigenvalue weighted by Crippen LogP contribution is 2.27. The molecule has 146 valence electrons. The van der Waals surface area contributed by atoms with Gasteiger partial charge in [-0.2, -0.15) is 0 Å². The van der Waals surface area contributed by atoms with E-state index in [1.54, 1.807) is 6.07 Å². The Kier molecular flexibility index (Phi) is 8.76. The number of rotatable bonds is 9. The molecule has 0 aliphatic rings. The van der Waals surface area contributed by atoms with E-state index in [4.69, 9.17) is 17.4 Å². The predicted octanol–water partition coefficient (Wildman–Crippen LogP) is 1.42. The van der Waals surface area contributed by atoms with Crippen molar-refractivity contribution in [1.29, 1.82) is 0 Å². The van der Waals surface area contributed by atoms with Gasteiger partial charge in [-0.15, -0.1) is 0 Å². The fourth-order valence-electron chi connectivity index (χ4n) is 2.22. The van der Waals surface area contributed by atoms with Crippen LogP contribution in [-0.2, 0) is 19.6 Å². The topological polar surface area (TPSA) is 114 Å². The van der Waals surface area contributed by atoms with E-state index in [-0.39, 0.29) is 10.9 Å². The molecule has 0 atom stereocenters. The van der Waals surface area contributed by atoms with Crippen LogP contribution in [0.4, 0.5) is 11.4 Å². The molecule has 0 saturated heterocycles. The lowest BCUT2D eigenvalue weighted by molar-refractivity contribution is -0.140. The number of ether oxygens (including phenoxy) is 1. The van der Waals surface area contributed by atoms with Crippen molar-refractivity contribution in [3.63, 3.8) is 0 Å². The van der Waals surface area contributed by atoms with E-state index >= 15 is 0 Å². The number of carbonyl (C=O) groups excluding carboxylic acids is 1. The lowest BCUT2D eigenvalue weighted by Gasteiger charge is -2.20. The first-order valence-electron chi connectivity index (χ1n) is 8.11. The molecule has 0 fully saturated rings. The molecule has 0 unspecified atom stereocenters. The van der Waals surface area contributed by atoms with Gasteiger partial charge in [-0.3, -0.25) is 4.79 Å². The Morgan fingerprint density at radius 3 is 2.54 bits per heavy atom. The van der Waals surface area contributed by atoms with Gasteiger partial charge in [-0.05, 0) is 43.3 Å². The van der Waals surface area contributed by atoms with Crippen molar-refractivity contribution in [1.82, 2.24) is 5.32 Å². The second kappa shape index (κ2) is 10.3. The second-order valence-corrected chi connectivity index (χ2v) is 7.86. The van der Waals surface area contributed by atoms with Gasteiger partial charge in [0.05, 0.1) is 23.4 Å². The normalized spacial score (nSPS) is 10.9. The third-order valence-corrected chi connectivity index (χ3v) is 4.75. The van der Waals surface area contributed by atoms with Crippen molar-refractivity contribution in [2.45, 2.75) is 30.6 Å². The minimum atomic E-state index is -3.80. The van der Waals surface area contributed by atoms with Crippen molar-refractivity contribution in [3.8, 4) is 0 Å². The van der Waals surface area contributed by atoms with Crippen LogP contribution in [0, 0.1) is 0 Å². The van der Waals surface area contributed by atoms with Crippen LogP contribution in [0.15, 0.2) is 23.1 Å². The summed E-state index contributed by atoms with van der Waals surface area (Å²) in [6.07, 6.45) is 2.88. The first-order chi connectivity index (χ1) is 12.1. The van der Waals surface area contributed by atoms with Crippen LogP contribution in [0.25, 0.3) is 0 Å². The number of thiocarbonyl (C=S) groups is 1. The summed E-state index contributed by atoms with van der Waals surface area (Å²) >= 11 is 5.26. The number of hydrogen-bond donors (Lipinski definition) is 3. The Morgan fingerprint density at radius 2 is 1.96 bits per heavy atom. The molecule has 4 N–H and O–H groups in total. The van der Waals surface area contributed by atoms with Crippen LogP contribution in [0.2, 0.25) is 0 Å². The number of carbonyl (C=O) groups is 1. The average Bonchev–Trinajstić information content (AvgIpc) is 2.56. The molecule has 0 saturated carbocycles. The van der Waals surface area contributed by atoms with E-state index in [2.05, 4.69) is 15.4 Å². The molecule has 0 radical (unpaired) electrons. The molecule has 0 amide bonds. The molecule has 10 heteroatoms. The number of anilines is 2. The van der Waals surface area contributed by atoms with Gasteiger partial charge in [-0.25, -0.2) is 13.6 Å². The smallest absolute Gasteiger partial charge is 0.305 e. The zero-order valence-corrected chi connectivity index (χ0v) is 16.9. The maximum Gasteiger partial charge on any atom is 0.305 e. The van der Waals surface area contributed by atoms with Crippen LogP contribution in [-0.4, -0.2) is 47.2 Å². The number of nitrogens with one attached hydrogen (secondary N) is 2. The number of esters is 1. The predicted molar refractivity (Wildman–Crippen MR) is 107 cm³/mol. The van der Waals surface area contributed by atoms with Gasteiger partial charge in [0.1, 0.15) is 0 Å². The summed E-state index contributed by atoms with van der Waals surface area (Å²) < 4.78 is 27.7. The number of hydrogen-bond acceptors (Lipinski definition) is 6. The zero-order chi connectivity index (χ0) is 19.7. The number of sulfonamides is 1. The van der Waals surface area contributed by atoms with E-state index in [1.165, 1.54) is 19.2 Å². The minimum Gasteiger partial charge on any atom is -0.469 e. The Morgan fingerprint density at radius 1 is 1.27 bits per heavy atom. The van der Waals surface area contributed by atoms with Crippen molar-refractivity contribution in [2.24, 2.45) is 5.14 Å². The van der Waals surface area contributed by atoms with Crippen LogP contribution < -0.4 is 20.7 Å². The van der Waals surface area contributed by atoms with Gasteiger partial charge >= 0.3 is 5.97 Å². The molecule has 0 spiro atoms. The molecular formula is C16H26N4O4S2. The number of nitrogens with two attached hydrogens (primary N) is 1. The molecule has 1 aromatic rings. The Bertz CT molecular complexity index is 736. The summed E-state index contributed by atoms with van der Waals surface area (Å²) in [5.41, 5.74) is 1.32. The van der Waals surface area contributed by atoms with E-state index in [1.807, 2.05) is 19.0 Å². The van der Waals surface area contributed by atoms with Crippen molar-refractivity contribution in [3.05, 3.63) is 18.2 Å². The van der Waals surface area contributed by atoms with Crippen LogP contribution in [0.5, 0.6) is 0 Å². The van der Waals surface area contributed by atoms with Gasteiger partial charge < -0.3 is 20.3 Å². The number of primary sulfonamides is 1. The van der Waals surface area contributed by atoms with Crippen molar-refractivity contribution in [2.75, 3.05) is 38.0 Å². The lowest BCUT2D eigenvalue weighted by atomic mass is 10.2. The fraction of sp³-hybridized carbons (Fsp3) is 0.500. The highest BCUT2D eigenvalue weighted by Gasteiger charge is 2.13. The van der Waals surface area contributed by atoms with Crippen molar-refractivity contribution < 1.29 is 17.9 Å². The van der Waals surface area contributed by atoms with E-state index in [9.17, 15) is 13.2 Å². The summed E-state index contributed by atoms with van der Waals surface area (Å²) in [4.78, 5) is 12.9. The fourth-order valence-corrected chi connectivity index (χ4v) is 2.98. The molecule has 0 aromatic heterocycles. The molecule has 0 aliphatic heterocycles. The first-order valence-corrected chi connectivity index (χ1v) is 10.1. The van der Waals surface area contributed by atoms with Crippen LogP contribution in [0.3, 0.4) is 0 Å². The maximum atomic E-state index is 11.5. The second-order valence-electron chi connectivity index (χ2n) is 5.89. The van der Waals surface area contributed by atoms with Crippen LogP contribution in [0.1, 0.15) is 25.7 Å². The van der Waals surface area contributed by atoms with Crippen LogP contribution >= 0.6 is 12.2 Å². The monoisotopic (exact) mass is 402 g/mol. The van der Waals surface area contributed by atoms with E-state index in [0.717, 1.165) is 24.9 Å². The lowest BCUT2D eigenvalue weighted by Crippen LogP contribution is -2.30. The third-order valence-electron chi connectivity index (χ3n) is 3.60. The number of methoxy groups -OCH3 is 1. The van der Waals surface area contributed by atoms with Gasteiger partial charge in [0.25, 0.3) is 0 Å². The summed E-state index contributed by atoms with van der Waals surface area (Å²) in [7, 11) is 1.26. The zero-order valence-electron chi connectivity index (χ0n) is 15.2. The van der Waals surface area contributed by atoms with Gasteiger partial charge in [0.15, 0.2) is 5.11 Å². The molecule has 8 nitrogen and oxygen atoms in total. The molecule has 0 heterocycles. The average molecular weight is 403 g/mol. The van der Waals surface area contributed by atoms with Gasteiger partial charge in [0, 0.05) is 27.1 Å². The summed E-state index contributed by atoms with van der Waals surface area (Å²) in [5.74, 6) is -0.207. The van der Waals surface area contributed by atoms with E-state index in [0.29, 0.717) is 23.8 Å². The minimum absolute atomic E-state index is 0.0104. The molecule has 1 rings (SSSR count). The largest absolute Gasteiger partial charge is 0.469 e. The SMILES string of the molecule is COC(=O)CCCCCNC(=S)Nc1cc(S(N)(=O)=O)ccc1N(C)C. The first kappa shape index (κ1) is 22.1. The third kappa shape index (κ3) is 7.54. The maximum absolute atomic E-state index is 11.5. The highest BCUT2D eigenvalue weighted by atomic mass is 32.2. The molecule has 0 aliphatic carbocycles. The Balaban J connectivity index is 2.58. The molecular weight excluding hydrogens is 376 g/mol. The quantitative estimate of drug-likeness (QED) is 0.323. The van der Waals surface area contributed by atoms with Crippen molar-refractivity contribution >= 4 is 44.7 Å². The summed E-state index contributed by atoms with van der Waals surface area (Å²) in [6, 6.07) is 4.57. The number of nitrogens with zero attached hydrogens (tertiary/aromatic N) is 1. The summed E-state index contributed by atoms with van der Waals surface area (Å²) in [6.45, 7) is 0.638. The Labute approximate surface area is 160 Å². The van der Waals surface area contributed by atoms with E-state index < -0.39 is 10.0 Å². The molecule has 0 bridgehead atoms. The summed E-state index contributed by atoms with van der Waals surface area (Å²) in [5, 5.41) is 11.6. The standard InChI is InChI=1S/C16H26N4O4S2/c1-20(2)14-9-8-12(26(17,22)23)11-13(14)19-16(25)18-10-6-4-5-7-15(21)24-3/h8-9,11H,4-7,10H2,1-3H3,(H2,17,22,23)(H2,18,19,25). The van der Waals surface area contributed by atoms with Gasteiger partial charge in [0.2, 0.25) is 10.0 Å². The molecule has 26 heavy (non-hydrogen) atoms. The van der Waals surface area contributed by atoms with Gasteiger partial charge in [-0.1, -0.05) is 6.42 Å². The molecule has 1 aromatic carbocycles. The highest BCUT2D eigenvalue weighted by molar-refractivity contribution is 7.89. The number of unbranched alkanes of at least 4 members (excludes halogenated alkanes) is 2. The Hall–Kier alpha value is -1.91. The number of benzene rings is 1.